The molecule has 0 aliphatic heterocycles. The molecule has 0 amide bonds. The smallest absolute Gasteiger partial charge is 0.255 e. The van der Waals surface area contributed by atoms with Crippen molar-refractivity contribution in [3.8, 4) is 0 Å². The van der Waals surface area contributed by atoms with Gasteiger partial charge >= 0.3 is 0 Å². The maximum atomic E-state index is 12.6. The first-order valence-electron chi connectivity index (χ1n) is 8.06. The molecular weight excluding hydrogens is 272 g/mol. The molecule has 0 aliphatic carbocycles. The molecule has 1 aromatic heterocycles. The molecule has 3 nitrogen and oxygen atoms in total. The van der Waals surface area contributed by atoms with Crippen molar-refractivity contribution in [2.24, 2.45) is 5.73 Å². The Balaban J connectivity index is 2.31. The summed E-state index contributed by atoms with van der Waals surface area (Å²) in [7, 11) is 0. The Morgan fingerprint density at radius 1 is 1.14 bits per heavy atom. The van der Waals surface area contributed by atoms with Crippen LogP contribution in [0.15, 0.2) is 41.3 Å². The van der Waals surface area contributed by atoms with E-state index in [0.717, 1.165) is 36.9 Å². The van der Waals surface area contributed by atoms with Crippen molar-refractivity contribution in [2.75, 3.05) is 0 Å². The van der Waals surface area contributed by atoms with Crippen molar-refractivity contribution < 1.29 is 0 Å². The molecule has 2 N–H and O–H groups in total. The summed E-state index contributed by atoms with van der Waals surface area (Å²) in [5.74, 6) is 0. The first-order valence-corrected chi connectivity index (χ1v) is 8.06. The van der Waals surface area contributed by atoms with Gasteiger partial charge in [0.15, 0.2) is 0 Å². The summed E-state index contributed by atoms with van der Waals surface area (Å²) in [5, 5.41) is 0. The average molecular weight is 298 g/mol. The Morgan fingerprint density at radius 2 is 1.91 bits per heavy atom. The minimum atomic E-state index is -0.369. The van der Waals surface area contributed by atoms with Crippen molar-refractivity contribution in [3.63, 3.8) is 0 Å². The summed E-state index contributed by atoms with van der Waals surface area (Å²) in [6.45, 7) is 7.03. The fraction of sp³-hybridized carbons (Fsp3) is 0.421. The van der Waals surface area contributed by atoms with E-state index in [1.165, 1.54) is 5.56 Å². The van der Waals surface area contributed by atoms with Gasteiger partial charge in [-0.25, -0.2) is 0 Å². The van der Waals surface area contributed by atoms with Gasteiger partial charge in [-0.15, -0.1) is 0 Å². The van der Waals surface area contributed by atoms with E-state index < -0.39 is 0 Å². The average Bonchev–Trinajstić information content (AvgIpc) is 2.48. The van der Waals surface area contributed by atoms with Crippen LogP contribution < -0.4 is 11.3 Å². The molecular formula is C19H26N2O. The number of nitrogens with zero attached hydrogens (tertiary/aromatic N) is 1. The van der Waals surface area contributed by atoms with Crippen LogP contribution in [0.3, 0.4) is 0 Å². The molecule has 0 fully saturated rings. The van der Waals surface area contributed by atoms with Crippen molar-refractivity contribution >= 4 is 0 Å². The second-order valence-electron chi connectivity index (χ2n) is 6.01. The van der Waals surface area contributed by atoms with Crippen LogP contribution in [0.4, 0.5) is 0 Å². The highest BCUT2D eigenvalue weighted by molar-refractivity contribution is 5.37. The predicted octanol–water partition coefficient (Wildman–Crippen LogP) is 3.70. The lowest BCUT2D eigenvalue weighted by atomic mass is 9.95. The van der Waals surface area contributed by atoms with Gasteiger partial charge in [-0.3, -0.25) is 4.79 Å². The number of hydrogen-bond donors (Lipinski definition) is 1. The monoisotopic (exact) mass is 298 g/mol. The molecule has 0 radical (unpaired) electrons. The number of hydrogen-bond acceptors (Lipinski definition) is 2. The number of benzene rings is 1. The van der Waals surface area contributed by atoms with E-state index in [9.17, 15) is 4.79 Å². The van der Waals surface area contributed by atoms with Gasteiger partial charge in [-0.05, 0) is 37.5 Å². The molecule has 0 saturated heterocycles. The van der Waals surface area contributed by atoms with Crippen LogP contribution in [0.2, 0.25) is 0 Å². The van der Waals surface area contributed by atoms with Crippen LogP contribution in [0.25, 0.3) is 0 Å². The number of aryl methyl sites for hydroxylation is 3. The van der Waals surface area contributed by atoms with E-state index in [1.54, 1.807) is 4.57 Å². The number of aromatic nitrogens is 1. The number of nitrogens with two attached hydrogens (primary N) is 1. The van der Waals surface area contributed by atoms with Gasteiger partial charge in [-0.2, -0.15) is 0 Å². The third-order valence-corrected chi connectivity index (χ3v) is 4.15. The van der Waals surface area contributed by atoms with Gasteiger partial charge in [0.05, 0.1) is 6.04 Å². The van der Waals surface area contributed by atoms with Crippen molar-refractivity contribution in [1.29, 1.82) is 0 Å². The first kappa shape index (κ1) is 16.5. The maximum Gasteiger partial charge on any atom is 0.255 e. The molecule has 0 bridgehead atoms. The first-order chi connectivity index (χ1) is 10.5. The van der Waals surface area contributed by atoms with Gasteiger partial charge in [0.25, 0.3) is 5.56 Å². The highest BCUT2D eigenvalue weighted by Crippen LogP contribution is 2.21. The van der Waals surface area contributed by atoms with Crippen molar-refractivity contribution in [3.05, 3.63) is 69.1 Å². The predicted molar refractivity (Wildman–Crippen MR) is 92.2 cm³/mol. The Bertz CT molecular complexity index is 688. The Hall–Kier alpha value is -1.87. The highest BCUT2D eigenvalue weighted by Gasteiger charge is 2.15. The summed E-state index contributed by atoms with van der Waals surface area (Å²) in [6, 6.07) is 9.59. The zero-order chi connectivity index (χ0) is 16.1. The molecule has 1 unspecified atom stereocenters. The van der Waals surface area contributed by atoms with E-state index in [0.29, 0.717) is 5.56 Å². The fourth-order valence-corrected chi connectivity index (χ4v) is 2.84. The second-order valence-corrected chi connectivity index (χ2v) is 6.01. The lowest BCUT2D eigenvalue weighted by Gasteiger charge is -2.16. The summed E-state index contributed by atoms with van der Waals surface area (Å²) < 4.78 is 1.79. The van der Waals surface area contributed by atoms with E-state index in [1.807, 2.05) is 37.4 Å². The molecule has 0 saturated carbocycles. The molecule has 1 heterocycles. The molecule has 1 aromatic carbocycles. The number of unbranched alkanes of at least 4 members (excludes halogenated alkanes) is 2. The maximum absolute atomic E-state index is 12.6. The van der Waals surface area contributed by atoms with Crippen LogP contribution >= 0.6 is 0 Å². The fourth-order valence-electron chi connectivity index (χ4n) is 2.84. The van der Waals surface area contributed by atoms with Crippen molar-refractivity contribution in [2.45, 2.75) is 52.6 Å². The minimum Gasteiger partial charge on any atom is -0.320 e. The molecule has 118 valence electrons. The van der Waals surface area contributed by atoms with E-state index >= 15 is 0 Å². The largest absolute Gasteiger partial charge is 0.320 e. The molecule has 0 aliphatic rings. The van der Waals surface area contributed by atoms with Crippen LogP contribution in [0, 0.1) is 13.8 Å². The number of pyridine rings is 1. The normalized spacial score (nSPS) is 12.4. The van der Waals surface area contributed by atoms with E-state index in [4.69, 9.17) is 5.73 Å². The summed E-state index contributed by atoms with van der Waals surface area (Å²) in [4.78, 5) is 12.6. The molecule has 22 heavy (non-hydrogen) atoms. The molecule has 0 spiro atoms. The van der Waals surface area contributed by atoms with Crippen LogP contribution in [-0.2, 0) is 6.54 Å². The topological polar surface area (TPSA) is 48.0 Å². The standard InChI is InChI=1S/C19H26N2O/c1-4-5-6-11-21-12-7-8-17(19(21)22)18(20)16-10-9-14(2)13-15(16)3/h7-10,12-13,18H,4-6,11,20H2,1-3H3. The number of rotatable bonds is 6. The summed E-state index contributed by atoms with van der Waals surface area (Å²) in [6.07, 6.45) is 5.17. The van der Waals surface area contributed by atoms with Crippen molar-refractivity contribution in [1.82, 2.24) is 4.57 Å². The molecule has 2 aromatic rings. The lowest BCUT2D eigenvalue weighted by molar-refractivity contribution is 0.581. The van der Waals surface area contributed by atoms with Crippen LogP contribution in [-0.4, -0.2) is 4.57 Å². The van der Waals surface area contributed by atoms with Crippen LogP contribution in [0.5, 0.6) is 0 Å². The SMILES string of the molecule is CCCCCn1cccc(C(N)c2ccc(C)cc2C)c1=O. The Labute approximate surface area is 132 Å². The Morgan fingerprint density at radius 3 is 2.59 bits per heavy atom. The van der Waals surface area contributed by atoms with E-state index in [2.05, 4.69) is 19.9 Å². The third-order valence-electron chi connectivity index (χ3n) is 4.15. The second kappa shape index (κ2) is 7.41. The van der Waals surface area contributed by atoms with Gasteiger partial charge in [0.2, 0.25) is 0 Å². The molecule has 3 heteroatoms. The third kappa shape index (κ3) is 3.66. The quantitative estimate of drug-likeness (QED) is 0.827. The molecule has 2 rings (SSSR count). The highest BCUT2D eigenvalue weighted by atomic mass is 16.1. The van der Waals surface area contributed by atoms with E-state index in [-0.39, 0.29) is 11.6 Å². The van der Waals surface area contributed by atoms with Gasteiger partial charge in [-0.1, -0.05) is 49.6 Å². The van der Waals surface area contributed by atoms with Gasteiger partial charge in [0, 0.05) is 18.3 Å². The lowest BCUT2D eigenvalue weighted by Crippen LogP contribution is -2.28. The summed E-state index contributed by atoms with van der Waals surface area (Å²) in [5.41, 5.74) is 10.4. The zero-order valence-electron chi connectivity index (χ0n) is 13.8. The van der Waals surface area contributed by atoms with Gasteiger partial charge in [0.1, 0.15) is 0 Å². The van der Waals surface area contributed by atoms with Crippen LogP contribution in [0.1, 0.15) is 54.5 Å². The molecule has 1 atom stereocenters. The van der Waals surface area contributed by atoms with Gasteiger partial charge < -0.3 is 10.3 Å². The minimum absolute atomic E-state index is 0.0334. The zero-order valence-corrected chi connectivity index (χ0v) is 13.8. The Kier molecular flexibility index (Phi) is 5.56. The summed E-state index contributed by atoms with van der Waals surface area (Å²) >= 11 is 0.